The minimum absolute atomic E-state index is 0.0115. The van der Waals surface area contributed by atoms with Gasteiger partial charge in [-0.2, -0.15) is 5.26 Å². The molecule has 1 aliphatic carbocycles. The molecule has 15 heavy (non-hydrogen) atoms. The molecular weight excluding hydrogens is 233 g/mol. The van der Waals surface area contributed by atoms with Crippen molar-refractivity contribution in [3.63, 3.8) is 0 Å². The summed E-state index contributed by atoms with van der Waals surface area (Å²) in [5.41, 5.74) is 0. The Kier molecular flexibility index (Phi) is 4.66. The molecule has 82 valence electrons. The van der Waals surface area contributed by atoms with Crippen molar-refractivity contribution in [3.8, 4) is 6.07 Å². The zero-order chi connectivity index (χ0) is 11.4. The SMILES string of the molecule is C[C@@H](CO)[C@H](C#N)C1C=CC(Cl)=C(Cl)C1. The highest BCUT2D eigenvalue weighted by Crippen LogP contribution is 2.35. The molecule has 1 aliphatic rings. The van der Waals surface area contributed by atoms with Crippen LogP contribution in [0.3, 0.4) is 0 Å². The van der Waals surface area contributed by atoms with Crippen molar-refractivity contribution in [2.75, 3.05) is 6.61 Å². The lowest BCUT2D eigenvalue weighted by molar-refractivity contribution is 0.190. The molecule has 1 unspecified atom stereocenters. The summed E-state index contributed by atoms with van der Waals surface area (Å²) in [7, 11) is 0. The van der Waals surface area contributed by atoms with Crippen LogP contribution >= 0.6 is 23.2 Å². The predicted molar refractivity (Wildman–Crippen MR) is 61.3 cm³/mol. The molecule has 1 N–H and O–H groups in total. The Morgan fingerprint density at radius 2 is 2.33 bits per heavy atom. The van der Waals surface area contributed by atoms with E-state index < -0.39 is 0 Å². The van der Waals surface area contributed by atoms with Crippen molar-refractivity contribution in [1.82, 2.24) is 0 Å². The van der Waals surface area contributed by atoms with Crippen LogP contribution in [0.5, 0.6) is 0 Å². The van der Waals surface area contributed by atoms with E-state index in [1.165, 1.54) is 0 Å². The maximum absolute atomic E-state index is 9.04. The summed E-state index contributed by atoms with van der Waals surface area (Å²) < 4.78 is 0. The average Bonchev–Trinajstić information content (AvgIpc) is 2.24. The first-order valence-corrected chi connectivity index (χ1v) is 5.58. The Morgan fingerprint density at radius 1 is 1.67 bits per heavy atom. The summed E-state index contributed by atoms with van der Waals surface area (Å²) in [6, 6.07) is 2.22. The fourth-order valence-corrected chi connectivity index (χ4v) is 2.07. The average molecular weight is 246 g/mol. The summed E-state index contributed by atoms with van der Waals surface area (Å²) in [6.07, 6.45) is 4.21. The number of halogens is 2. The number of nitriles is 1. The molecule has 4 heteroatoms. The lowest BCUT2D eigenvalue weighted by Gasteiger charge is -2.25. The maximum atomic E-state index is 9.04. The topological polar surface area (TPSA) is 44.0 Å². The van der Waals surface area contributed by atoms with Gasteiger partial charge < -0.3 is 5.11 Å². The zero-order valence-electron chi connectivity index (χ0n) is 8.45. The third kappa shape index (κ3) is 2.98. The molecule has 3 atom stereocenters. The molecule has 1 rings (SSSR count). The van der Waals surface area contributed by atoms with Crippen LogP contribution in [-0.2, 0) is 0 Å². The summed E-state index contributed by atoms with van der Waals surface area (Å²) in [4.78, 5) is 0. The van der Waals surface area contributed by atoms with E-state index in [-0.39, 0.29) is 24.4 Å². The first-order chi connectivity index (χ1) is 7.10. The van der Waals surface area contributed by atoms with Gasteiger partial charge in [0.2, 0.25) is 0 Å². The highest BCUT2D eigenvalue weighted by atomic mass is 35.5. The Bertz CT molecular complexity index is 330. The first-order valence-electron chi connectivity index (χ1n) is 4.83. The third-order valence-corrected chi connectivity index (χ3v) is 3.48. The third-order valence-electron chi connectivity index (χ3n) is 2.68. The van der Waals surface area contributed by atoms with Gasteiger partial charge in [0.25, 0.3) is 0 Å². The molecule has 0 heterocycles. The Balaban J connectivity index is 2.76. The molecule has 0 saturated heterocycles. The molecule has 0 bridgehead atoms. The quantitative estimate of drug-likeness (QED) is 0.831. The highest BCUT2D eigenvalue weighted by molar-refractivity contribution is 6.40. The number of rotatable bonds is 3. The normalized spacial score (nSPS) is 24.9. The van der Waals surface area contributed by atoms with Crippen molar-refractivity contribution in [2.24, 2.45) is 17.8 Å². The largest absolute Gasteiger partial charge is 0.396 e. The van der Waals surface area contributed by atoms with E-state index in [1.54, 1.807) is 6.08 Å². The van der Waals surface area contributed by atoms with Gasteiger partial charge in [-0.15, -0.1) is 0 Å². The fourth-order valence-electron chi connectivity index (χ4n) is 1.68. The number of hydrogen-bond donors (Lipinski definition) is 1. The van der Waals surface area contributed by atoms with E-state index in [1.807, 2.05) is 13.0 Å². The van der Waals surface area contributed by atoms with Gasteiger partial charge >= 0.3 is 0 Å². The number of aliphatic hydroxyl groups excluding tert-OH is 1. The van der Waals surface area contributed by atoms with Gasteiger partial charge in [-0.1, -0.05) is 36.2 Å². The Labute approximate surface area is 99.8 Å². The minimum atomic E-state index is -0.218. The van der Waals surface area contributed by atoms with Crippen molar-refractivity contribution in [2.45, 2.75) is 13.3 Å². The van der Waals surface area contributed by atoms with Crippen LogP contribution in [0, 0.1) is 29.1 Å². The second-order valence-corrected chi connectivity index (χ2v) is 4.66. The van der Waals surface area contributed by atoms with Gasteiger partial charge in [-0.25, -0.2) is 0 Å². The van der Waals surface area contributed by atoms with Crippen LogP contribution in [0.25, 0.3) is 0 Å². The number of aliphatic hydroxyl groups is 1. The van der Waals surface area contributed by atoms with E-state index in [0.717, 1.165) is 0 Å². The molecule has 0 aromatic heterocycles. The minimum Gasteiger partial charge on any atom is -0.396 e. The Hall–Kier alpha value is -0.490. The predicted octanol–water partition coefficient (Wildman–Crippen LogP) is 3.02. The monoisotopic (exact) mass is 245 g/mol. The van der Waals surface area contributed by atoms with E-state index in [2.05, 4.69) is 6.07 Å². The molecule has 0 aliphatic heterocycles. The number of allylic oxidation sites excluding steroid dienone is 4. The van der Waals surface area contributed by atoms with Gasteiger partial charge in [-0.05, 0) is 24.3 Å². The van der Waals surface area contributed by atoms with Crippen molar-refractivity contribution in [1.29, 1.82) is 5.26 Å². The summed E-state index contributed by atoms with van der Waals surface area (Å²) in [5, 5.41) is 19.2. The van der Waals surface area contributed by atoms with Gasteiger partial charge in [-0.3, -0.25) is 0 Å². The molecule has 0 spiro atoms. The first kappa shape index (κ1) is 12.6. The van der Waals surface area contributed by atoms with Gasteiger partial charge in [0, 0.05) is 11.6 Å². The smallest absolute Gasteiger partial charge is 0.0665 e. The molecule has 0 amide bonds. The van der Waals surface area contributed by atoms with Gasteiger partial charge in [0.05, 0.1) is 17.0 Å². The van der Waals surface area contributed by atoms with Crippen molar-refractivity contribution in [3.05, 3.63) is 22.2 Å². The zero-order valence-corrected chi connectivity index (χ0v) is 9.96. The molecular formula is C11H13Cl2NO. The highest BCUT2D eigenvalue weighted by Gasteiger charge is 2.27. The van der Waals surface area contributed by atoms with Crippen LogP contribution < -0.4 is 0 Å². The van der Waals surface area contributed by atoms with E-state index in [0.29, 0.717) is 16.5 Å². The summed E-state index contributed by atoms with van der Waals surface area (Å²) >= 11 is 11.8. The van der Waals surface area contributed by atoms with Crippen LogP contribution in [0.1, 0.15) is 13.3 Å². The number of hydrogen-bond acceptors (Lipinski definition) is 2. The molecule has 0 saturated carbocycles. The summed E-state index contributed by atoms with van der Waals surface area (Å²) in [6.45, 7) is 1.87. The van der Waals surface area contributed by atoms with Crippen LogP contribution in [-0.4, -0.2) is 11.7 Å². The summed E-state index contributed by atoms with van der Waals surface area (Å²) in [5.74, 6) is -0.220. The number of nitrogens with zero attached hydrogens (tertiary/aromatic N) is 1. The van der Waals surface area contributed by atoms with Crippen LogP contribution in [0.4, 0.5) is 0 Å². The molecule has 0 radical (unpaired) electrons. The second-order valence-electron chi connectivity index (χ2n) is 3.79. The second kappa shape index (κ2) is 5.55. The Morgan fingerprint density at radius 3 is 2.80 bits per heavy atom. The maximum Gasteiger partial charge on any atom is 0.0665 e. The van der Waals surface area contributed by atoms with Gasteiger partial charge in [0.15, 0.2) is 0 Å². The molecule has 0 aromatic carbocycles. The standard InChI is InChI=1S/C11H13Cl2NO/c1-7(6-15)9(5-14)8-2-3-10(12)11(13)4-8/h2-3,7-9,15H,4,6H2,1H3/t7-,8?,9-/m0/s1. The lowest BCUT2D eigenvalue weighted by Crippen LogP contribution is -2.22. The van der Waals surface area contributed by atoms with E-state index >= 15 is 0 Å². The van der Waals surface area contributed by atoms with Crippen molar-refractivity contribution < 1.29 is 5.11 Å². The fraction of sp³-hybridized carbons (Fsp3) is 0.545. The van der Waals surface area contributed by atoms with Gasteiger partial charge in [0.1, 0.15) is 0 Å². The van der Waals surface area contributed by atoms with Crippen LogP contribution in [0.15, 0.2) is 22.2 Å². The molecule has 0 fully saturated rings. The van der Waals surface area contributed by atoms with Crippen molar-refractivity contribution >= 4 is 23.2 Å². The molecule has 0 aromatic rings. The van der Waals surface area contributed by atoms with Crippen LogP contribution in [0.2, 0.25) is 0 Å². The molecule has 2 nitrogen and oxygen atoms in total. The van der Waals surface area contributed by atoms with E-state index in [9.17, 15) is 0 Å². The lowest BCUT2D eigenvalue weighted by atomic mass is 9.80. The van der Waals surface area contributed by atoms with E-state index in [4.69, 9.17) is 33.6 Å².